The molecule has 0 spiro atoms. The average Bonchev–Trinajstić information content (AvgIpc) is 2.87. The first-order valence-corrected chi connectivity index (χ1v) is 6.47. The van der Waals surface area contributed by atoms with Crippen LogP contribution < -0.4 is 5.73 Å². The van der Waals surface area contributed by atoms with Crippen LogP contribution in [0.1, 0.15) is 25.0 Å². The Morgan fingerprint density at radius 3 is 2.26 bits per heavy atom. The van der Waals surface area contributed by atoms with Gasteiger partial charge in [-0.05, 0) is 6.92 Å². The highest BCUT2D eigenvalue weighted by molar-refractivity contribution is 6.53. The van der Waals surface area contributed by atoms with E-state index in [0.717, 1.165) is 0 Å². The number of carbonyl (C=O) groups excluding carboxylic acids is 2. The molecule has 0 unspecified atom stereocenters. The lowest BCUT2D eigenvalue weighted by Crippen LogP contribution is -2.30. The number of halogens is 2. The van der Waals surface area contributed by atoms with E-state index in [1.165, 1.54) is 0 Å². The van der Waals surface area contributed by atoms with Crippen molar-refractivity contribution < 1.29 is 14.3 Å². The second kappa shape index (κ2) is 4.69. The highest BCUT2D eigenvalue weighted by Crippen LogP contribution is 2.64. The van der Waals surface area contributed by atoms with Crippen LogP contribution in [0.4, 0.5) is 0 Å². The number of alkyl halides is 2. The molecule has 1 aliphatic rings. The lowest BCUT2D eigenvalue weighted by molar-refractivity contribution is -0.160. The van der Waals surface area contributed by atoms with Crippen LogP contribution in [0.2, 0.25) is 0 Å². The Kier molecular flexibility index (Phi) is 3.49. The third-order valence-corrected chi connectivity index (χ3v) is 4.40. The monoisotopic (exact) mass is 301 g/mol. The van der Waals surface area contributed by atoms with Crippen molar-refractivity contribution in [3.63, 3.8) is 0 Å². The van der Waals surface area contributed by atoms with E-state index in [4.69, 9.17) is 33.7 Å². The number of hydrogen-bond acceptors (Lipinski definition) is 3. The summed E-state index contributed by atoms with van der Waals surface area (Å²) in [6, 6.07) is 8.56. The maximum atomic E-state index is 12.0. The largest absolute Gasteiger partial charge is 0.447 e. The summed E-state index contributed by atoms with van der Waals surface area (Å²) in [5.41, 5.74) is 4.79. The normalized spacial score (nSPS) is 25.4. The van der Waals surface area contributed by atoms with Gasteiger partial charge < -0.3 is 10.5 Å². The summed E-state index contributed by atoms with van der Waals surface area (Å²) < 4.78 is 4.04. The number of hydrogen-bond donors (Lipinski definition) is 1. The fraction of sp³-hybridized carbons (Fsp3) is 0.385. The molecule has 102 valence electrons. The van der Waals surface area contributed by atoms with Crippen molar-refractivity contribution in [1.29, 1.82) is 0 Å². The summed E-state index contributed by atoms with van der Waals surface area (Å²) in [7, 11) is 0. The molecule has 1 aromatic carbocycles. The molecule has 2 rings (SSSR count). The Bertz CT molecular complexity index is 518. The van der Waals surface area contributed by atoms with Crippen LogP contribution in [-0.4, -0.2) is 16.2 Å². The Balaban J connectivity index is 2.16. The first-order chi connectivity index (χ1) is 8.78. The van der Waals surface area contributed by atoms with Gasteiger partial charge in [0.2, 0.25) is 6.10 Å². The molecular formula is C13H13Cl2NO3. The molecule has 2 atom stereocenters. The highest BCUT2D eigenvalue weighted by atomic mass is 35.5. The van der Waals surface area contributed by atoms with E-state index in [9.17, 15) is 9.59 Å². The summed E-state index contributed by atoms with van der Waals surface area (Å²) in [6.45, 7) is 1.60. The summed E-state index contributed by atoms with van der Waals surface area (Å²) in [5.74, 6) is -1.36. The van der Waals surface area contributed by atoms with Crippen molar-refractivity contribution in [1.82, 2.24) is 0 Å². The lowest BCUT2D eigenvalue weighted by atomic mass is 10.1. The molecule has 0 aromatic heterocycles. The maximum Gasteiger partial charge on any atom is 0.316 e. The number of primary amides is 1. The van der Waals surface area contributed by atoms with Gasteiger partial charge in [0.05, 0.1) is 0 Å². The van der Waals surface area contributed by atoms with Gasteiger partial charge in [0.1, 0.15) is 9.75 Å². The number of nitrogens with two attached hydrogens (primary N) is 1. The second-order valence-electron chi connectivity index (χ2n) is 4.81. The second-order valence-corrected chi connectivity index (χ2v) is 6.30. The molecule has 19 heavy (non-hydrogen) atoms. The van der Waals surface area contributed by atoms with Crippen LogP contribution >= 0.6 is 23.2 Å². The highest BCUT2D eigenvalue weighted by Gasteiger charge is 2.69. The van der Waals surface area contributed by atoms with Gasteiger partial charge in [-0.1, -0.05) is 30.3 Å². The average molecular weight is 302 g/mol. The zero-order chi connectivity index (χ0) is 14.3. The Morgan fingerprint density at radius 2 is 1.84 bits per heavy atom. The third kappa shape index (κ3) is 2.55. The van der Waals surface area contributed by atoms with Gasteiger partial charge in [0.15, 0.2) is 0 Å². The van der Waals surface area contributed by atoms with Crippen molar-refractivity contribution in [2.75, 3.05) is 0 Å². The van der Waals surface area contributed by atoms with E-state index in [-0.39, 0.29) is 0 Å². The van der Waals surface area contributed by atoms with E-state index >= 15 is 0 Å². The lowest BCUT2D eigenvalue weighted by Gasteiger charge is -2.18. The molecule has 1 aliphatic carbocycles. The minimum Gasteiger partial charge on any atom is -0.447 e. The molecule has 1 fully saturated rings. The maximum absolute atomic E-state index is 12.0. The van der Waals surface area contributed by atoms with Crippen LogP contribution in [0.3, 0.4) is 0 Å². The Labute approximate surface area is 120 Å². The van der Waals surface area contributed by atoms with Crippen LogP contribution in [-0.2, 0) is 14.3 Å². The fourth-order valence-corrected chi connectivity index (χ4v) is 2.47. The minimum atomic E-state index is -1.14. The fourth-order valence-electron chi connectivity index (χ4n) is 1.78. The first-order valence-electron chi connectivity index (χ1n) is 5.71. The van der Waals surface area contributed by atoms with Crippen molar-refractivity contribution in [3.8, 4) is 0 Å². The van der Waals surface area contributed by atoms with Gasteiger partial charge in [-0.25, -0.2) is 0 Å². The van der Waals surface area contributed by atoms with Crippen molar-refractivity contribution in [2.24, 2.45) is 11.1 Å². The number of esters is 1. The van der Waals surface area contributed by atoms with Gasteiger partial charge in [-0.3, -0.25) is 9.59 Å². The molecule has 0 aliphatic heterocycles. The topological polar surface area (TPSA) is 69.4 Å². The Morgan fingerprint density at radius 1 is 1.32 bits per heavy atom. The van der Waals surface area contributed by atoms with Gasteiger partial charge in [-0.2, -0.15) is 0 Å². The van der Waals surface area contributed by atoms with Crippen LogP contribution in [0.25, 0.3) is 0 Å². The summed E-state index contributed by atoms with van der Waals surface area (Å²) >= 11 is 11.8. The van der Waals surface area contributed by atoms with Crippen molar-refractivity contribution >= 4 is 35.1 Å². The Hall–Kier alpha value is -1.26. The minimum absolute atomic E-state index is 0.294. The van der Waals surface area contributed by atoms with Crippen LogP contribution in [0.15, 0.2) is 30.3 Å². The molecular weight excluding hydrogens is 289 g/mol. The first kappa shape index (κ1) is 14.2. The van der Waals surface area contributed by atoms with Crippen molar-refractivity contribution in [3.05, 3.63) is 35.9 Å². The number of benzene rings is 1. The predicted octanol–water partition coefficient (Wildman–Crippen LogP) is 2.34. The molecule has 2 N–H and O–H groups in total. The molecule has 4 nitrogen and oxygen atoms in total. The van der Waals surface area contributed by atoms with E-state index in [1.54, 1.807) is 37.3 Å². The molecule has 0 bridgehead atoms. The quantitative estimate of drug-likeness (QED) is 0.685. The van der Waals surface area contributed by atoms with Crippen molar-refractivity contribution in [2.45, 2.75) is 23.8 Å². The SMILES string of the molecule is C[C@@]1(C(=O)O[C@@H](C(N)=O)c2ccccc2)CC1(Cl)Cl. The molecule has 1 aromatic rings. The van der Waals surface area contributed by atoms with Gasteiger partial charge in [-0.15, -0.1) is 23.2 Å². The van der Waals surface area contributed by atoms with Crippen LogP contribution in [0.5, 0.6) is 0 Å². The summed E-state index contributed by atoms with van der Waals surface area (Å²) in [4.78, 5) is 23.5. The van der Waals surface area contributed by atoms with Gasteiger partial charge in [0.25, 0.3) is 5.91 Å². The molecule has 0 radical (unpaired) electrons. The van der Waals surface area contributed by atoms with Gasteiger partial charge in [0, 0.05) is 12.0 Å². The number of carbonyl (C=O) groups is 2. The standard InChI is InChI=1S/C13H13Cl2NO3/c1-12(7-13(12,14)15)11(18)19-9(10(16)17)8-5-3-2-4-6-8/h2-6,9H,7H2,1H3,(H2,16,17)/t9-,12+/m1/s1. The zero-order valence-corrected chi connectivity index (χ0v) is 11.7. The number of amides is 1. The van der Waals surface area contributed by atoms with E-state index in [1.807, 2.05) is 0 Å². The van der Waals surface area contributed by atoms with Crippen LogP contribution in [0, 0.1) is 5.41 Å². The third-order valence-electron chi connectivity index (χ3n) is 3.29. The molecule has 0 heterocycles. The molecule has 1 amide bonds. The molecule has 0 saturated heterocycles. The van der Waals surface area contributed by atoms with E-state index in [0.29, 0.717) is 12.0 Å². The van der Waals surface area contributed by atoms with E-state index < -0.39 is 27.7 Å². The summed E-state index contributed by atoms with van der Waals surface area (Å²) in [5, 5.41) is 0. The van der Waals surface area contributed by atoms with E-state index in [2.05, 4.69) is 0 Å². The smallest absolute Gasteiger partial charge is 0.316 e. The molecule has 6 heteroatoms. The number of rotatable bonds is 4. The molecule has 1 saturated carbocycles. The predicted molar refractivity (Wildman–Crippen MR) is 71.6 cm³/mol. The zero-order valence-electron chi connectivity index (χ0n) is 10.2. The number of ether oxygens (including phenoxy) is 1. The van der Waals surface area contributed by atoms with Gasteiger partial charge >= 0.3 is 5.97 Å². The summed E-state index contributed by atoms with van der Waals surface area (Å²) in [6.07, 6.45) is -0.836.